The molecule has 1 atom stereocenters. The van der Waals surface area contributed by atoms with Crippen LogP contribution in [0.25, 0.3) is 10.2 Å². The van der Waals surface area contributed by atoms with Gasteiger partial charge in [-0.3, -0.25) is 9.69 Å². The van der Waals surface area contributed by atoms with Crippen LogP contribution >= 0.6 is 11.3 Å². The summed E-state index contributed by atoms with van der Waals surface area (Å²) < 4.78 is 1.19. The first-order valence-electron chi connectivity index (χ1n) is 8.38. The lowest BCUT2D eigenvalue weighted by atomic mass is 10.1. The first-order chi connectivity index (χ1) is 12.0. The molecule has 0 N–H and O–H groups in total. The van der Waals surface area contributed by atoms with Gasteiger partial charge >= 0.3 is 0 Å². The number of rotatable bonds is 6. The van der Waals surface area contributed by atoms with Crippen LogP contribution < -0.4 is 0 Å². The number of carbonyl (C=O) groups is 1. The second kappa shape index (κ2) is 7.76. The van der Waals surface area contributed by atoms with Crippen molar-refractivity contribution < 1.29 is 4.79 Å². The first-order valence-corrected chi connectivity index (χ1v) is 9.20. The Balaban J connectivity index is 1.59. The van der Waals surface area contributed by atoms with E-state index >= 15 is 0 Å². The number of thiazole rings is 1. The average molecular weight is 353 g/mol. The van der Waals surface area contributed by atoms with Crippen molar-refractivity contribution in [3.8, 4) is 0 Å². The van der Waals surface area contributed by atoms with E-state index in [-0.39, 0.29) is 11.9 Å². The fourth-order valence-electron chi connectivity index (χ4n) is 2.79. The van der Waals surface area contributed by atoms with Crippen molar-refractivity contribution in [2.75, 3.05) is 20.6 Å². The largest absolute Gasteiger partial charge is 0.338 e. The maximum absolute atomic E-state index is 12.6. The van der Waals surface area contributed by atoms with E-state index in [0.29, 0.717) is 13.1 Å². The molecule has 3 rings (SSSR count). The summed E-state index contributed by atoms with van der Waals surface area (Å²) >= 11 is 1.69. The normalized spacial score (nSPS) is 12.5. The highest BCUT2D eigenvalue weighted by Gasteiger charge is 2.19. The average Bonchev–Trinajstić information content (AvgIpc) is 3.03. The second-order valence-corrected chi connectivity index (χ2v) is 7.45. The Hall–Kier alpha value is -2.24. The predicted octanol–water partition coefficient (Wildman–Crippen LogP) is 3.95. The molecule has 25 heavy (non-hydrogen) atoms. The third-order valence-corrected chi connectivity index (χ3v) is 5.43. The number of amides is 1. The van der Waals surface area contributed by atoms with Gasteiger partial charge in [-0.2, -0.15) is 0 Å². The number of benzene rings is 2. The molecule has 0 aliphatic heterocycles. The van der Waals surface area contributed by atoms with E-state index in [9.17, 15) is 4.79 Å². The summed E-state index contributed by atoms with van der Waals surface area (Å²) in [7, 11) is 3.83. The number of fused-ring (bicyclic) bond motifs is 1. The lowest BCUT2D eigenvalue weighted by Crippen LogP contribution is -2.37. The molecule has 0 aliphatic rings. The highest BCUT2D eigenvalue weighted by atomic mass is 32.1. The van der Waals surface area contributed by atoms with Crippen LogP contribution in [0.2, 0.25) is 0 Å². The molecule has 1 amide bonds. The zero-order valence-electron chi connectivity index (χ0n) is 14.8. The van der Waals surface area contributed by atoms with Crippen LogP contribution in [0.4, 0.5) is 0 Å². The molecular weight excluding hydrogens is 330 g/mol. The van der Waals surface area contributed by atoms with Gasteiger partial charge in [0.05, 0.1) is 29.3 Å². The number of carbonyl (C=O) groups excluding carboxylic acids is 1. The van der Waals surface area contributed by atoms with E-state index in [4.69, 9.17) is 0 Å². The number of hydrogen-bond acceptors (Lipinski definition) is 4. The fourth-order valence-corrected chi connectivity index (χ4v) is 3.84. The number of aromatic nitrogens is 1. The molecule has 0 fully saturated rings. The van der Waals surface area contributed by atoms with Crippen LogP contribution in [-0.4, -0.2) is 41.3 Å². The van der Waals surface area contributed by atoms with Gasteiger partial charge in [-0.25, -0.2) is 4.98 Å². The molecule has 0 aliphatic carbocycles. The Morgan fingerprint density at radius 3 is 2.48 bits per heavy atom. The first kappa shape index (κ1) is 17.6. The van der Waals surface area contributed by atoms with Gasteiger partial charge in [0.2, 0.25) is 5.91 Å². The van der Waals surface area contributed by atoms with Crippen LogP contribution in [0.15, 0.2) is 54.6 Å². The molecule has 3 aromatic rings. The van der Waals surface area contributed by atoms with Crippen molar-refractivity contribution in [1.82, 2.24) is 14.8 Å². The Morgan fingerprint density at radius 1 is 1.08 bits per heavy atom. The van der Waals surface area contributed by atoms with E-state index in [2.05, 4.69) is 30.1 Å². The quantitative estimate of drug-likeness (QED) is 0.673. The van der Waals surface area contributed by atoms with Crippen LogP contribution in [-0.2, 0) is 11.3 Å². The Labute approximate surface area is 152 Å². The van der Waals surface area contributed by atoms with Crippen LogP contribution in [0, 0.1) is 0 Å². The Kier molecular flexibility index (Phi) is 5.46. The lowest BCUT2D eigenvalue weighted by Gasteiger charge is -2.27. The van der Waals surface area contributed by atoms with Crippen LogP contribution in [0.1, 0.15) is 23.5 Å². The summed E-state index contributed by atoms with van der Waals surface area (Å²) in [6.45, 7) is 3.11. The number of nitrogens with zero attached hydrogens (tertiary/aromatic N) is 3. The van der Waals surface area contributed by atoms with Gasteiger partial charge in [-0.05, 0) is 31.7 Å². The minimum absolute atomic E-state index is 0.0598. The molecule has 2 aromatic carbocycles. The summed E-state index contributed by atoms with van der Waals surface area (Å²) in [5, 5.41) is 1.04. The minimum atomic E-state index is 0.0598. The zero-order chi connectivity index (χ0) is 17.8. The van der Waals surface area contributed by atoms with Gasteiger partial charge in [0.15, 0.2) is 0 Å². The minimum Gasteiger partial charge on any atom is -0.338 e. The fraction of sp³-hybridized carbons (Fsp3) is 0.300. The Bertz CT molecular complexity index is 813. The van der Waals surface area contributed by atoms with Gasteiger partial charge in [-0.1, -0.05) is 42.5 Å². The molecule has 4 nitrogen and oxygen atoms in total. The Morgan fingerprint density at radius 2 is 1.76 bits per heavy atom. The number of para-hydroxylation sites is 1. The molecule has 0 radical (unpaired) electrons. The molecule has 0 spiro atoms. The number of likely N-dealkylation sites (N-methyl/N-ethyl adjacent to an activating group) is 2. The molecule has 1 unspecified atom stereocenters. The number of hydrogen-bond donors (Lipinski definition) is 0. The van der Waals surface area contributed by atoms with E-state index in [1.807, 2.05) is 60.3 Å². The molecule has 0 saturated heterocycles. The second-order valence-electron chi connectivity index (χ2n) is 6.34. The van der Waals surface area contributed by atoms with E-state index in [1.54, 1.807) is 11.3 Å². The van der Waals surface area contributed by atoms with E-state index < -0.39 is 0 Å². The van der Waals surface area contributed by atoms with Crippen molar-refractivity contribution in [3.05, 3.63) is 65.2 Å². The molecule has 1 aromatic heterocycles. The molecule has 5 heteroatoms. The van der Waals surface area contributed by atoms with Crippen molar-refractivity contribution in [2.45, 2.75) is 19.5 Å². The van der Waals surface area contributed by atoms with Crippen molar-refractivity contribution >= 4 is 27.5 Å². The third-order valence-electron chi connectivity index (χ3n) is 4.40. The van der Waals surface area contributed by atoms with Crippen molar-refractivity contribution in [1.29, 1.82) is 0 Å². The maximum Gasteiger partial charge on any atom is 0.236 e. The lowest BCUT2D eigenvalue weighted by molar-refractivity contribution is -0.132. The highest BCUT2D eigenvalue weighted by molar-refractivity contribution is 7.18. The molecule has 130 valence electrons. The van der Waals surface area contributed by atoms with Gasteiger partial charge in [0, 0.05) is 7.05 Å². The summed E-state index contributed by atoms with van der Waals surface area (Å²) in [5.74, 6) is 0.111. The maximum atomic E-state index is 12.6. The van der Waals surface area contributed by atoms with Gasteiger partial charge < -0.3 is 4.90 Å². The van der Waals surface area contributed by atoms with Crippen LogP contribution in [0.5, 0.6) is 0 Å². The molecular formula is C20H23N3OS. The van der Waals surface area contributed by atoms with Gasteiger partial charge in [-0.15, -0.1) is 11.3 Å². The smallest absolute Gasteiger partial charge is 0.236 e. The summed E-state index contributed by atoms with van der Waals surface area (Å²) in [4.78, 5) is 21.1. The molecule has 0 bridgehead atoms. The van der Waals surface area contributed by atoms with E-state index in [0.717, 1.165) is 16.1 Å². The van der Waals surface area contributed by atoms with E-state index in [1.165, 1.54) is 4.70 Å². The van der Waals surface area contributed by atoms with Gasteiger partial charge in [0.25, 0.3) is 0 Å². The highest BCUT2D eigenvalue weighted by Crippen LogP contribution is 2.23. The van der Waals surface area contributed by atoms with Crippen LogP contribution in [0.3, 0.4) is 0 Å². The van der Waals surface area contributed by atoms with Crippen molar-refractivity contribution in [2.24, 2.45) is 0 Å². The molecule has 1 heterocycles. The van der Waals surface area contributed by atoms with Gasteiger partial charge in [0.1, 0.15) is 5.01 Å². The standard InChI is InChI=1S/C20H23N3OS/c1-15(16-9-5-4-6-10-16)23(3)20(24)14-22(2)13-19-21-17-11-7-8-12-18(17)25-19/h4-12,15H,13-14H2,1-3H3. The summed E-state index contributed by atoms with van der Waals surface area (Å²) in [6, 6.07) is 18.3. The van der Waals surface area contributed by atoms with Crippen molar-refractivity contribution in [3.63, 3.8) is 0 Å². The topological polar surface area (TPSA) is 36.4 Å². The zero-order valence-corrected chi connectivity index (χ0v) is 15.7. The monoisotopic (exact) mass is 353 g/mol. The summed E-state index contributed by atoms with van der Waals surface area (Å²) in [5.41, 5.74) is 2.17. The molecule has 0 saturated carbocycles. The summed E-state index contributed by atoms with van der Waals surface area (Å²) in [6.07, 6.45) is 0. The third kappa shape index (κ3) is 4.24. The SMILES string of the molecule is CC(c1ccccc1)N(C)C(=O)CN(C)Cc1nc2ccccc2s1. The predicted molar refractivity (Wildman–Crippen MR) is 104 cm³/mol.